The van der Waals surface area contributed by atoms with E-state index in [1.807, 2.05) is 20.8 Å². The molecule has 24 heavy (non-hydrogen) atoms. The highest BCUT2D eigenvalue weighted by molar-refractivity contribution is 8.00. The molecule has 0 aliphatic carbocycles. The second-order valence-electron chi connectivity index (χ2n) is 5.76. The second-order valence-corrected chi connectivity index (χ2v) is 6.94. The number of carbonyl (C=O) groups excluding carboxylic acids is 1. The number of phenols is 2. The minimum Gasteiger partial charge on any atom is -0.508 e. The molecule has 0 saturated heterocycles. The topological polar surface area (TPSA) is 66.8 Å². The van der Waals surface area contributed by atoms with E-state index in [1.54, 1.807) is 30.3 Å². The first-order valence-electron chi connectivity index (χ1n) is 7.88. The zero-order valence-electron chi connectivity index (χ0n) is 14.0. The van der Waals surface area contributed by atoms with Crippen LogP contribution in [0.25, 0.3) is 0 Å². The van der Waals surface area contributed by atoms with Gasteiger partial charge in [-0.2, -0.15) is 0 Å². The van der Waals surface area contributed by atoms with Crippen LogP contribution in [0.3, 0.4) is 0 Å². The Morgan fingerprint density at radius 3 is 2.33 bits per heavy atom. The van der Waals surface area contributed by atoms with Gasteiger partial charge in [-0.25, -0.2) is 0 Å². The van der Waals surface area contributed by atoms with E-state index < -0.39 is 0 Å². The molecule has 128 valence electrons. The van der Waals surface area contributed by atoms with E-state index in [0.717, 1.165) is 0 Å². The molecule has 2 aromatic rings. The third-order valence-corrected chi connectivity index (χ3v) is 5.12. The predicted octanol–water partition coefficient (Wildman–Crippen LogP) is 4.50. The van der Waals surface area contributed by atoms with Crippen LogP contribution in [0.1, 0.15) is 31.1 Å². The first-order chi connectivity index (χ1) is 11.4. The van der Waals surface area contributed by atoms with Gasteiger partial charge in [0, 0.05) is 11.6 Å². The highest BCUT2D eigenvalue weighted by Crippen LogP contribution is 2.37. The molecule has 0 aliphatic rings. The third kappa shape index (κ3) is 4.45. The Hall–Kier alpha value is -2.14. The minimum atomic E-state index is -0.335. The maximum absolute atomic E-state index is 12.8. The van der Waals surface area contributed by atoms with E-state index in [2.05, 4.69) is 0 Å². The van der Waals surface area contributed by atoms with E-state index in [-0.39, 0.29) is 28.5 Å². The number of ketones is 1. The number of benzene rings is 2. The molecule has 0 aromatic heterocycles. The number of hydrogen-bond donors (Lipinski definition) is 2. The summed E-state index contributed by atoms with van der Waals surface area (Å²) in [5.74, 6) is 0.899. The highest BCUT2D eigenvalue weighted by Gasteiger charge is 2.25. The van der Waals surface area contributed by atoms with Crippen molar-refractivity contribution in [3.63, 3.8) is 0 Å². The SMILES string of the molecule is CCOc1ccc(SC(C(=O)c2ccc(O)cc2)C(C)C)c(O)c1. The van der Waals surface area contributed by atoms with Crippen LogP contribution in [-0.2, 0) is 0 Å². The van der Waals surface area contributed by atoms with Crippen LogP contribution < -0.4 is 4.74 Å². The summed E-state index contributed by atoms with van der Waals surface area (Å²) in [4.78, 5) is 13.4. The lowest BCUT2D eigenvalue weighted by Crippen LogP contribution is -2.23. The normalized spacial score (nSPS) is 12.2. The van der Waals surface area contributed by atoms with Gasteiger partial charge in [0.15, 0.2) is 5.78 Å². The Morgan fingerprint density at radius 1 is 1.12 bits per heavy atom. The van der Waals surface area contributed by atoms with Crippen LogP contribution in [0.5, 0.6) is 17.2 Å². The standard InChI is InChI=1S/C19H22O4S/c1-4-23-15-9-10-17(16(21)11-15)24-19(12(2)3)18(22)13-5-7-14(20)8-6-13/h5-12,19-21H,4H2,1-3H3. The van der Waals surface area contributed by atoms with Crippen LogP contribution in [0, 0.1) is 5.92 Å². The summed E-state index contributed by atoms with van der Waals surface area (Å²) in [5, 5.41) is 19.2. The maximum atomic E-state index is 12.8. The van der Waals surface area contributed by atoms with Crippen molar-refractivity contribution in [1.29, 1.82) is 0 Å². The molecule has 0 saturated carbocycles. The van der Waals surface area contributed by atoms with Gasteiger partial charge in [0.2, 0.25) is 0 Å². The number of hydrogen-bond acceptors (Lipinski definition) is 5. The molecule has 5 heteroatoms. The van der Waals surface area contributed by atoms with Crippen molar-refractivity contribution in [2.75, 3.05) is 6.61 Å². The molecular formula is C19H22O4S. The van der Waals surface area contributed by atoms with Crippen molar-refractivity contribution in [3.8, 4) is 17.2 Å². The molecular weight excluding hydrogens is 324 g/mol. The van der Waals surface area contributed by atoms with Crippen molar-refractivity contribution in [3.05, 3.63) is 48.0 Å². The Balaban J connectivity index is 2.22. The summed E-state index contributed by atoms with van der Waals surface area (Å²) in [6.45, 7) is 6.36. The van der Waals surface area contributed by atoms with Gasteiger partial charge < -0.3 is 14.9 Å². The molecule has 0 radical (unpaired) electrons. The van der Waals surface area contributed by atoms with Gasteiger partial charge >= 0.3 is 0 Å². The molecule has 1 atom stereocenters. The van der Waals surface area contributed by atoms with Crippen molar-refractivity contribution in [2.45, 2.75) is 30.9 Å². The van der Waals surface area contributed by atoms with Crippen LogP contribution in [0.4, 0.5) is 0 Å². The largest absolute Gasteiger partial charge is 0.508 e. The summed E-state index contributed by atoms with van der Waals surface area (Å²) in [6, 6.07) is 11.4. The van der Waals surface area contributed by atoms with Gasteiger partial charge in [0.1, 0.15) is 17.2 Å². The Morgan fingerprint density at radius 2 is 1.79 bits per heavy atom. The summed E-state index contributed by atoms with van der Waals surface area (Å²) < 4.78 is 5.36. The van der Waals surface area contributed by atoms with Gasteiger partial charge in [0.25, 0.3) is 0 Å². The molecule has 2 rings (SSSR count). The van der Waals surface area contributed by atoms with Crippen molar-refractivity contribution >= 4 is 17.5 Å². The Bertz CT molecular complexity index is 695. The zero-order chi connectivity index (χ0) is 17.7. The minimum absolute atomic E-state index is 0.0247. The molecule has 4 nitrogen and oxygen atoms in total. The van der Waals surface area contributed by atoms with Gasteiger partial charge in [-0.05, 0) is 49.2 Å². The second kappa shape index (κ2) is 8.11. The smallest absolute Gasteiger partial charge is 0.176 e. The predicted molar refractivity (Wildman–Crippen MR) is 96.2 cm³/mol. The van der Waals surface area contributed by atoms with E-state index in [9.17, 15) is 15.0 Å². The summed E-state index contributed by atoms with van der Waals surface area (Å²) in [7, 11) is 0. The van der Waals surface area contributed by atoms with Gasteiger partial charge in [-0.15, -0.1) is 11.8 Å². The molecule has 2 aromatic carbocycles. The fourth-order valence-corrected chi connectivity index (χ4v) is 3.39. The molecule has 0 aliphatic heterocycles. The molecule has 0 heterocycles. The average molecular weight is 346 g/mol. The fraction of sp³-hybridized carbons (Fsp3) is 0.316. The average Bonchev–Trinajstić information content (AvgIpc) is 2.54. The maximum Gasteiger partial charge on any atom is 0.176 e. The number of rotatable bonds is 7. The summed E-state index contributed by atoms with van der Waals surface area (Å²) >= 11 is 1.34. The zero-order valence-corrected chi connectivity index (χ0v) is 14.8. The lowest BCUT2D eigenvalue weighted by molar-refractivity contribution is 0.0975. The van der Waals surface area contributed by atoms with Gasteiger partial charge in [0.05, 0.1) is 16.8 Å². The molecule has 0 amide bonds. The van der Waals surface area contributed by atoms with E-state index in [4.69, 9.17) is 4.74 Å². The molecule has 1 unspecified atom stereocenters. The summed E-state index contributed by atoms with van der Waals surface area (Å²) in [6.07, 6.45) is 0. The Labute approximate surface area is 146 Å². The van der Waals surface area contributed by atoms with E-state index in [1.165, 1.54) is 23.9 Å². The van der Waals surface area contributed by atoms with E-state index >= 15 is 0 Å². The molecule has 0 fully saturated rings. The van der Waals surface area contributed by atoms with Gasteiger partial charge in [-0.3, -0.25) is 4.79 Å². The van der Waals surface area contributed by atoms with E-state index in [0.29, 0.717) is 22.8 Å². The molecule has 0 spiro atoms. The Kier molecular flexibility index (Phi) is 6.15. The number of phenolic OH excluding ortho intramolecular Hbond substituents is 2. The lowest BCUT2D eigenvalue weighted by Gasteiger charge is -2.20. The number of ether oxygens (including phenoxy) is 1. The van der Waals surface area contributed by atoms with Crippen LogP contribution in [0.2, 0.25) is 0 Å². The van der Waals surface area contributed by atoms with Gasteiger partial charge in [-0.1, -0.05) is 13.8 Å². The monoisotopic (exact) mass is 346 g/mol. The number of carbonyl (C=O) groups is 1. The van der Waals surface area contributed by atoms with Crippen molar-refractivity contribution in [2.24, 2.45) is 5.92 Å². The number of Topliss-reactive ketones (excluding diaryl/α,β-unsaturated/α-hetero) is 1. The lowest BCUT2D eigenvalue weighted by atomic mass is 10.0. The molecule has 2 N–H and O–H groups in total. The van der Waals surface area contributed by atoms with Crippen molar-refractivity contribution < 1.29 is 19.7 Å². The van der Waals surface area contributed by atoms with Crippen LogP contribution in [0.15, 0.2) is 47.4 Å². The number of thioether (sulfide) groups is 1. The van der Waals surface area contributed by atoms with Crippen LogP contribution in [-0.4, -0.2) is 27.9 Å². The first kappa shape index (κ1) is 18.2. The first-order valence-corrected chi connectivity index (χ1v) is 8.76. The quantitative estimate of drug-likeness (QED) is 0.571. The summed E-state index contributed by atoms with van der Waals surface area (Å²) in [5.41, 5.74) is 0.546. The molecule has 0 bridgehead atoms. The van der Waals surface area contributed by atoms with Crippen molar-refractivity contribution in [1.82, 2.24) is 0 Å². The number of aromatic hydroxyl groups is 2. The van der Waals surface area contributed by atoms with Crippen LogP contribution >= 0.6 is 11.8 Å². The third-order valence-electron chi connectivity index (χ3n) is 3.51. The fourth-order valence-electron chi connectivity index (χ4n) is 2.27. The highest BCUT2D eigenvalue weighted by atomic mass is 32.2.